The summed E-state index contributed by atoms with van der Waals surface area (Å²) in [7, 11) is 0. The van der Waals surface area contributed by atoms with E-state index in [9.17, 15) is 0 Å². The minimum Gasteiger partial charge on any atom is -0.457 e. The van der Waals surface area contributed by atoms with E-state index in [1.807, 2.05) is 109 Å². The van der Waals surface area contributed by atoms with Crippen LogP contribution < -0.4 is 14.2 Å². The van der Waals surface area contributed by atoms with E-state index in [0.29, 0.717) is 17.2 Å². The molecular weight excluding hydrogens is 717 g/mol. The Morgan fingerprint density at radius 1 is 0.517 bits per heavy atom. The van der Waals surface area contributed by atoms with Gasteiger partial charge in [0.05, 0.1) is 33.7 Å². The Bertz CT molecular complexity index is 2800. The van der Waals surface area contributed by atoms with Gasteiger partial charge in [-0.1, -0.05) is 93.4 Å². The minimum absolute atomic E-state index is 0.708. The van der Waals surface area contributed by atoms with Gasteiger partial charge in [0.2, 0.25) is 0 Å². The van der Waals surface area contributed by atoms with E-state index in [1.165, 1.54) is 5.39 Å². The van der Waals surface area contributed by atoms with E-state index < -0.39 is 0 Å². The van der Waals surface area contributed by atoms with E-state index in [4.69, 9.17) is 24.3 Å². The van der Waals surface area contributed by atoms with Crippen LogP contribution in [0.4, 0.5) is 0 Å². The van der Waals surface area contributed by atoms with Gasteiger partial charge in [0.1, 0.15) is 40.3 Å². The highest BCUT2D eigenvalue weighted by molar-refractivity contribution is 6.09. The standard InChI is InChI=1S/C51H44N4O3/c1-4-16-43-50(51-47(57-37-19-8-6-9-20-37)26-15-27-48(51)58-38-21-10-7-11-22-38)45(17-5-2)55(53-43)36-18-14-23-39(33-36)56-40-28-29-42-41-24-12-13-25-44(41)54(46(42)34-40)49-32-35(3)30-31-52-49/h6-15,18-34H,4-5,16-17H2,1-3H3. The molecular formula is C51H44N4O3. The first-order valence-corrected chi connectivity index (χ1v) is 20.0. The lowest BCUT2D eigenvalue weighted by Crippen LogP contribution is -2.04. The highest BCUT2D eigenvalue weighted by Crippen LogP contribution is 2.46. The summed E-state index contributed by atoms with van der Waals surface area (Å²) in [4.78, 5) is 4.76. The van der Waals surface area contributed by atoms with Gasteiger partial charge in [0.25, 0.3) is 0 Å². The summed E-state index contributed by atoms with van der Waals surface area (Å²) in [5, 5.41) is 7.68. The zero-order valence-electron chi connectivity index (χ0n) is 32.9. The third kappa shape index (κ3) is 7.19. The van der Waals surface area contributed by atoms with Gasteiger partial charge in [0.15, 0.2) is 0 Å². The number of fused-ring (bicyclic) bond motifs is 3. The van der Waals surface area contributed by atoms with Crippen LogP contribution in [0.2, 0.25) is 0 Å². The molecule has 0 aliphatic carbocycles. The molecule has 6 aromatic carbocycles. The molecule has 0 aliphatic heterocycles. The van der Waals surface area contributed by atoms with Crippen LogP contribution in [0, 0.1) is 6.92 Å². The number of para-hydroxylation sites is 3. The molecule has 58 heavy (non-hydrogen) atoms. The van der Waals surface area contributed by atoms with Crippen LogP contribution in [0.25, 0.3) is 44.4 Å². The van der Waals surface area contributed by atoms with Crippen LogP contribution in [-0.2, 0) is 12.8 Å². The fourth-order valence-electron chi connectivity index (χ4n) is 7.76. The van der Waals surface area contributed by atoms with Crippen LogP contribution >= 0.6 is 0 Å². The summed E-state index contributed by atoms with van der Waals surface area (Å²) in [5.74, 6) is 5.24. The van der Waals surface area contributed by atoms with Gasteiger partial charge in [0, 0.05) is 34.7 Å². The zero-order valence-corrected chi connectivity index (χ0v) is 32.9. The molecule has 0 bridgehead atoms. The van der Waals surface area contributed by atoms with E-state index in [-0.39, 0.29) is 0 Å². The van der Waals surface area contributed by atoms with Crippen molar-refractivity contribution in [2.75, 3.05) is 0 Å². The average Bonchev–Trinajstić information content (AvgIpc) is 3.77. The molecule has 0 atom stereocenters. The van der Waals surface area contributed by atoms with Crippen LogP contribution in [0.5, 0.6) is 34.5 Å². The molecule has 9 rings (SSSR count). The fourth-order valence-corrected chi connectivity index (χ4v) is 7.76. The predicted molar refractivity (Wildman–Crippen MR) is 233 cm³/mol. The second-order valence-electron chi connectivity index (χ2n) is 14.5. The second-order valence-corrected chi connectivity index (χ2v) is 14.5. The topological polar surface area (TPSA) is 63.3 Å². The van der Waals surface area contributed by atoms with Gasteiger partial charge in [-0.05, 0) is 104 Å². The lowest BCUT2D eigenvalue weighted by Gasteiger charge is -2.18. The lowest BCUT2D eigenvalue weighted by atomic mass is 9.96. The number of benzene rings is 6. The number of aromatic nitrogens is 4. The van der Waals surface area contributed by atoms with Crippen molar-refractivity contribution >= 4 is 21.8 Å². The molecule has 0 radical (unpaired) electrons. The van der Waals surface area contributed by atoms with Crippen molar-refractivity contribution in [2.24, 2.45) is 0 Å². The Kier molecular flexibility index (Phi) is 10.2. The molecule has 0 unspecified atom stereocenters. The summed E-state index contributed by atoms with van der Waals surface area (Å²) in [6.45, 7) is 6.49. The maximum atomic E-state index is 6.68. The van der Waals surface area contributed by atoms with Crippen LogP contribution in [0.3, 0.4) is 0 Å². The van der Waals surface area contributed by atoms with Gasteiger partial charge < -0.3 is 14.2 Å². The monoisotopic (exact) mass is 760 g/mol. The van der Waals surface area contributed by atoms with Gasteiger partial charge in [-0.25, -0.2) is 9.67 Å². The molecule has 7 nitrogen and oxygen atoms in total. The number of hydrogen-bond donors (Lipinski definition) is 0. The first kappa shape index (κ1) is 36.5. The predicted octanol–water partition coefficient (Wildman–Crippen LogP) is 13.6. The maximum absolute atomic E-state index is 6.68. The molecule has 0 saturated carbocycles. The third-order valence-electron chi connectivity index (χ3n) is 10.3. The van der Waals surface area contributed by atoms with Crippen molar-refractivity contribution in [2.45, 2.75) is 46.5 Å². The Balaban J connectivity index is 1.15. The Morgan fingerprint density at radius 3 is 1.86 bits per heavy atom. The summed E-state index contributed by atoms with van der Waals surface area (Å²) >= 11 is 0. The van der Waals surface area contributed by atoms with Crippen molar-refractivity contribution in [3.63, 3.8) is 0 Å². The molecule has 0 amide bonds. The van der Waals surface area contributed by atoms with Crippen molar-refractivity contribution < 1.29 is 14.2 Å². The molecule has 0 N–H and O–H groups in total. The highest BCUT2D eigenvalue weighted by Gasteiger charge is 2.26. The molecule has 9 aromatic rings. The van der Waals surface area contributed by atoms with Gasteiger partial charge in [-0.3, -0.25) is 4.57 Å². The fraction of sp³-hybridized carbons (Fsp3) is 0.137. The van der Waals surface area contributed by atoms with Gasteiger partial charge >= 0.3 is 0 Å². The van der Waals surface area contributed by atoms with Crippen molar-refractivity contribution in [1.29, 1.82) is 0 Å². The summed E-state index contributed by atoms with van der Waals surface area (Å²) in [5.41, 5.74) is 8.19. The van der Waals surface area contributed by atoms with Crippen molar-refractivity contribution in [3.05, 3.63) is 181 Å². The smallest absolute Gasteiger partial charge is 0.139 e. The first-order chi connectivity index (χ1) is 28.6. The molecule has 3 aromatic heterocycles. The summed E-state index contributed by atoms with van der Waals surface area (Å²) in [6, 6.07) is 52.9. The lowest BCUT2D eigenvalue weighted by molar-refractivity contribution is 0.463. The molecule has 7 heteroatoms. The number of ether oxygens (including phenoxy) is 3. The van der Waals surface area contributed by atoms with E-state index in [1.54, 1.807) is 0 Å². The quantitative estimate of drug-likeness (QED) is 0.117. The Morgan fingerprint density at radius 2 is 1.16 bits per heavy atom. The van der Waals surface area contributed by atoms with Crippen LogP contribution in [0.1, 0.15) is 43.6 Å². The number of hydrogen-bond acceptors (Lipinski definition) is 5. The third-order valence-corrected chi connectivity index (χ3v) is 10.3. The molecule has 286 valence electrons. The van der Waals surface area contributed by atoms with Gasteiger partial charge in [-0.2, -0.15) is 5.10 Å². The molecule has 0 aliphatic rings. The average molecular weight is 761 g/mol. The number of rotatable bonds is 13. The normalized spacial score (nSPS) is 11.3. The van der Waals surface area contributed by atoms with E-state index in [0.717, 1.165) is 98.9 Å². The number of pyridine rings is 1. The van der Waals surface area contributed by atoms with Crippen LogP contribution in [0.15, 0.2) is 164 Å². The summed E-state index contributed by atoms with van der Waals surface area (Å²) < 4.78 is 24.3. The largest absolute Gasteiger partial charge is 0.457 e. The Hall–Kier alpha value is -7.12. The molecule has 3 heterocycles. The zero-order chi connectivity index (χ0) is 39.4. The molecule has 0 saturated heterocycles. The Labute approximate surface area is 338 Å². The van der Waals surface area contributed by atoms with Crippen molar-refractivity contribution in [1.82, 2.24) is 19.3 Å². The number of aryl methyl sites for hydroxylation is 2. The maximum Gasteiger partial charge on any atom is 0.139 e. The van der Waals surface area contributed by atoms with Crippen molar-refractivity contribution in [3.8, 4) is 57.1 Å². The van der Waals surface area contributed by atoms with Gasteiger partial charge in [-0.15, -0.1) is 0 Å². The number of nitrogens with zero attached hydrogens (tertiary/aromatic N) is 4. The summed E-state index contributed by atoms with van der Waals surface area (Å²) in [6.07, 6.45) is 5.27. The molecule has 0 fully saturated rings. The SMILES string of the molecule is CCCc1nn(-c2cccc(Oc3ccc4c5ccccc5n(-c5cc(C)ccn5)c4c3)c2)c(CCC)c1-c1c(Oc2ccccc2)cccc1Oc1ccccc1. The van der Waals surface area contributed by atoms with E-state index in [2.05, 4.69) is 84.6 Å². The highest BCUT2D eigenvalue weighted by atomic mass is 16.5. The first-order valence-electron chi connectivity index (χ1n) is 20.0. The molecule has 0 spiro atoms. The van der Waals surface area contributed by atoms with Crippen LogP contribution in [-0.4, -0.2) is 19.3 Å². The minimum atomic E-state index is 0.708. The second kappa shape index (κ2) is 16.2. The van der Waals surface area contributed by atoms with E-state index >= 15 is 0 Å².